The summed E-state index contributed by atoms with van der Waals surface area (Å²) < 4.78 is 24.5. The van der Waals surface area contributed by atoms with Crippen molar-refractivity contribution in [1.29, 1.82) is 0 Å². The Labute approximate surface area is 124 Å². The van der Waals surface area contributed by atoms with Gasteiger partial charge in [0.15, 0.2) is 11.5 Å². The molecular weight excluding hydrogens is 327 g/mol. The molecule has 0 aromatic heterocycles. The van der Waals surface area contributed by atoms with Gasteiger partial charge in [0.2, 0.25) is 6.79 Å². The van der Waals surface area contributed by atoms with E-state index in [-0.39, 0.29) is 12.6 Å². The molecule has 1 unspecified atom stereocenters. The zero-order valence-electron chi connectivity index (χ0n) is 10.5. The van der Waals surface area contributed by atoms with Gasteiger partial charge in [-0.05, 0) is 41.5 Å². The van der Waals surface area contributed by atoms with Gasteiger partial charge >= 0.3 is 0 Å². The first-order chi connectivity index (χ1) is 9.61. The van der Waals surface area contributed by atoms with Crippen LogP contribution in [0.3, 0.4) is 0 Å². The minimum absolute atomic E-state index is 0.200. The van der Waals surface area contributed by atoms with Gasteiger partial charge in [-0.2, -0.15) is 0 Å². The summed E-state index contributed by atoms with van der Waals surface area (Å²) in [7, 11) is 0. The van der Waals surface area contributed by atoms with E-state index in [1.165, 1.54) is 12.1 Å². The van der Waals surface area contributed by atoms with Crippen LogP contribution < -0.4 is 9.47 Å². The highest BCUT2D eigenvalue weighted by molar-refractivity contribution is 9.10. The van der Waals surface area contributed by atoms with E-state index in [2.05, 4.69) is 15.9 Å². The number of hydrogen-bond donors (Lipinski definition) is 1. The fourth-order valence-corrected chi connectivity index (χ4v) is 2.70. The lowest BCUT2D eigenvalue weighted by Crippen LogP contribution is -2.02. The minimum atomic E-state index is -0.724. The number of halogens is 2. The number of aliphatic hydroxyl groups excluding tert-OH is 1. The van der Waals surface area contributed by atoms with E-state index >= 15 is 0 Å². The number of benzene rings is 2. The molecule has 1 aliphatic heterocycles. The standard InChI is InChI=1S/C15H12BrFO3/c16-11-3-9(4-12(17)7-11)5-13(18)10-1-2-14-15(6-10)20-8-19-14/h1-4,6-7,13,18H,5,8H2. The van der Waals surface area contributed by atoms with Gasteiger partial charge in [-0.25, -0.2) is 4.39 Å². The number of hydrogen-bond acceptors (Lipinski definition) is 3. The van der Waals surface area contributed by atoms with E-state index in [1.807, 2.05) is 0 Å². The molecule has 104 valence electrons. The SMILES string of the molecule is OC(Cc1cc(F)cc(Br)c1)c1ccc2c(c1)OCO2. The maximum Gasteiger partial charge on any atom is 0.231 e. The quantitative estimate of drug-likeness (QED) is 0.929. The largest absolute Gasteiger partial charge is 0.454 e. The monoisotopic (exact) mass is 338 g/mol. The molecule has 2 aromatic carbocycles. The smallest absolute Gasteiger partial charge is 0.231 e. The summed E-state index contributed by atoms with van der Waals surface area (Å²) in [5.74, 6) is 0.976. The van der Waals surface area contributed by atoms with Crippen LogP contribution in [-0.2, 0) is 6.42 Å². The second-order valence-corrected chi connectivity index (χ2v) is 5.53. The third-order valence-electron chi connectivity index (χ3n) is 3.13. The molecule has 0 saturated heterocycles. The number of rotatable bonds is 3. The van der Waals surface area contributed by atoms with Crippen molar-refractivity contribution in [2.75, 3.05) is 6.79 Å². The molecule has 0 bridgehead atoms. The molecule has 0 amide bonds. The first-order valence-electron chi connectivity index (χ1n) is 6.14. The Balaban J connectivity index is 1.80. The number of ether oxygens (including phenoxy) is 2. The van der Waals surface area contributed by atoms with Gasteiger partial charge in [0.05, 0.1) is 6.10 Å². The van der Waals surface area contributed by atoms with E-state index in [9.17, 15) is 9.50 Å². The molecule has 1 aliphatic rings. The third kappa shape index (κ3) is 2.78. The summed E-state index contributed by atoms with van der Waals surface area (Å²) in [6.07, 6.45) is -0.395. The summed E-state index contributed by atoms with van der Waals surface area (Å²) in [5.41, 5.74) is 1.44. The van der Waals surface area contributed by atoms with Crippen molar-refractivity contribution in [2.24, 2.45) is 0 Å². The Hall–Kier alpha value is -1.59. The van der Waals surface area contributed by atoms with E-state index in [0.717, 1.165) is 11.1 Å². The van der Waals surface area contributed by atoms with E-state index in [1.54, 1.807) is 24.3 Å². The van der Waals surface area contributed by atoms with Crippen molar-refractivity contribution in [3.8, 4) is 11.5 Å². The fraction of sp³-hybridized carbons (Fsp3) is 0.200. The summed E-state index contributed by atoms with van der Waals surface area (Å²) in [6, 6.07) is 9.90. The zero-order chi connectivity index (χ0) is 14.1. The van der Waals surface area contributed by atoms with Crippen molar-refractivity contribution < 1.29 is 19.0 Å². The lowest BCUT2D eigenvalue weighted by Gasteiger charge is -2.12. The number of aliphatic hydroxyl groups is 1. The molecule has 0 fully saturated rings. The molecule has 1 atom stereocenters. The minimum Gasteiger partial charge on any atom is -0.454 e. The van der Waals surface area contributed by atoms with Gasteiger partial charge in [0.25, 0.3) is 0 Å². The molecule has 5 heteroatoms. The topological polar surface area (TPSA) is 38.7 Å². The Morgan fingerprint density at radius 2 is 1.95 bits per heavy atom. The Bertz CT molecular complexity index is 625. The van der Waals surface area contributed by atoms with Crippen LogP contribution in [0, 0.1) is 5.82 Å². The van der Waals surface area contributed by atoms with Crippen LogP contribution in [-0.4, -0.2) is 11.9 Å². The van der Waals surface area contributed by atoms with Crippen LogP contribution in [0.4, 0.5) is 4.39 Å². The van der Waals surface area contributed by atoms with Gasteiger partial charge in [-0.1, -0.05) is 22.0 Å². The highest BCUT2D eigenvalue weighted by atomic mass is 79.9. The second-order valence-electron chi connectivity index (χ2n) is 4.61. The van der Waals surface area contributed by atoms with Crippen molar-refractivity contribution in [1.82, 2.24) is 0 Å². The molecule has 0 radical (unpaired) electrons. The summed E-state index contributed by atoms with van der Waals surface area (Å²) >= 11 is 3.24. The van der Waals surface area contributed by atoms with Crippen molar-refractivity contribution >= 4 is 15.9 Å². The van der Waals surface area contributed by atoms with Crippen LogP contribution in [0.1, 0.15) is 17.2 Å². The lowest BCUT2D eigenvalue weighted by atomic mass is 10.0. The predicted octanol–water partition coefficient (Wildman–Crippen LogP) is 3.59. The molecule has 1 N–H and O–H groups in total. The summed E-state index contributed by atoms with van der Waals surface area (Å²) in [4.78, 5) is 0. The Kier molecular flexibility index (Phi) is 3.63. The summed E-state index contributed by atoms with van der Waals surface area (Å²) in [6.45, 7) is 0.200. The van der Waals surface area contributed by atoms with Gasteiger partial charge in [0, 0.05) is 10.9 Å². The van der Waals surface area contributed by atoms with E-state index < -0.39 is 6.10 Å². The highest BCUT2D eigenvalue weighted by Gasteiger charge is 2.17. The normalized spacial score (nSPS) is 14.3. The molecule has 0 saturated carbocycles. The van der Waals surface area contributed by atoms with Gasteiger partial charge < -0.3 is 14.6 Å². The van der Waals surface area contributed by atoms with Gasteiger partial charge in [0.1, 0.15) is 5.82 Å². The van der Waals surface area contributed by atoms with Gasteiger partial charge in [-0.3, -0.25) is 0 Å². The maximum atomic E-state index is 13.3. The van der Waals surface area contributed by atoms with Crippen molar-refractivity contribution in [2.45, 2.75) is 12.5 Å². The molecule has 0 aliphatic carbocycles. The lowest BCUT2D eigenvalue weighted by molar-refractivity contribution is 0.171. The molecule has 1 heterocycles. The van der Waals surface area contributed by atoms with Crippen LogP contribution in [0.15, 0.2) is 40.9 Å². The first kappa shape index (κ1) is 13.4. The Morgan fingerprint density at radius 3 is 2.75 bits per heavy atom. The molecular formula is C15H12BrFO3. The molecule has 0 spiro atoms. The highest BCUT2D eigenvalue weighted by Crippen LogP contribution is 2.35. The van der Waals surface area contributed by atoms with Crippen LogP contribution >= 0.6 is 15.9 Å². The average molecular weight is 339 g/mol. The second kappa shape index (κ2) is 5.42. The van der Waals surface area contributed by atoms with Crippen LogP contribution in [0.5, 0.6) is 11.5 Å². The molecule has 3 rings (SSSR count). The molecule has 20 heavy (non-hydrogen) atoms. The predicted molar refractivity (Wildman–Crippen MR) is 75.3 cm³/mol. The van der Waals surface area contributed by atoms with Crippen molar-refractivity contribution in [3.05, 3.63) is 57.8 Å². The first-order valence-corrected chi connectivity index (χ1v) is 6.94. The van der Waals surface area contributed by atoms with E-state index in [4.69, 9.17) is 9.47 Å². The maximum absolute atomic E-state index is 13.3. The van der Waals surface area contributed by atoms with Crippen LogP contribution in [0.25, 0.3) is 0 Å². The Morgan fingerprint density at radius 1 is 1.15 bits per heavy atom. The summed E-state index contributed by atoms with van der Waals surface area (Å²) in [5, 5.41) is 10.3. The molecule has 3 nitrogen and oxygen atoms in total. The molecule has 2 aromatic rings. The zero-order valence-corrected chi connectivity index (χ0v) is 12.1. The van der Waals surface area contributed by atoms with Crippen LogP contribution in [0.2, 0.25) is 0 Å². The van der Waals surface area contributed by atoms with Gasteiger partial charge in [-0.15, -0.1) is 0 Å². The number of fused-ring (bicyclic) bond motifs is 1. The third-order valence-corrected chi connectivity index (χ3v) is 3.59. The van der Waals surface area contributed by atoms with E-state index in [0.29, 0.717) is 22.4 Å². The fourth-order valence-electron chi connectivity index (χ4n) is 2.19. The average Bonchev–Trinajstić information content (AvgIpc) is 2.84. The van der Waals surface area contributed by atoms with Crippen molar-refractivity contribution in [3.63, 3.8) is 0 Å².